The SMILES string of the molecule is CCC(NC(=O)c1cnn(CC(=O)O)c1)c1ccc(C(C)C)cc1. The fraction of sp³-hybridized carbons (Fsp3) is 0.389. The fourth-order valence-electron chi connectivity index (χ4n) is 2.48. The lowest BCUT2D eigenvalue weighted by atomic mass is 9.98. The van der Waals surface area contributed by atoms with E-state index in [0.717, 1.165) is 12.0 Å². The van der Waals surface area contributed by atoms with E-state index in [1.165, 1.54) is 22.6 Å². The summed E-state index contributed by atoms with van der Waals surface area (Å²) in [6.45, 7) is 6.03. The Labute approximate surface area is 141 Å². The van der Waals surface area contributed by atoms with Gasteiger partial charge in [-0.25, -0.2) is 0 Å². The first-order valence-corrected chi connectivity index (χ1v) is 8.05. The number of carbonyl (C=O) groups excluding carboxylic acids is 1. The summed E-state index contributed by atoms with van der Waals surface area (Å²) >= 11 is 0. The minimum Gasteiger partial charge on any atom is -0.480 e. The molecule has 1 aromatic heterocycles. The second kappa shape index (κ2) is 7.77. The summed E-state index contributed by atoms with van der Waals surface area (Å²) in [4.78, 5) is 23.0. The molecular formula is C18H23N3O3. The van der Waals surface area contributed by atoms with Gasteiger partial charge in [0.05, 0.1) is 17.8 Å². The van der Waals surface area contributed by atoms with Crippen LogP contribution in [0.5, 0.6) is 0 Å². The van der Waals surface area contributed by atoms with Gasteiger partial charge in [-0.2, -0.15) is 5.10 Å². The predicted molar refractivity (Wildman–Crippen MR) is 90.9 cm³/mol. The standard InChI is InChI=1S/C18H23N3O3/c1-4-16(14-7-5-13(6-8-14)12(2)3)20-18(24)15-9-19-21(10-15)11-17(22)23/h5-10,12,16H,4,11H2,1-3H3,(H,20,24)(H,22,23). The molecule has 0 radical (unpaired) electrons. The highest BCUT2D eigenvalue weighted by atomic mass is 16.4. The molecule has 0 aliphatic carbocycles. The molecular weight excluding hydrogens is 306 g/mol. The average Bonchev–Trinajstić information content (AvgIpc) is 3.00. The molecule has 128 valence electrons. The van der Waals surface area contributed by atoms with Crippen molar-refractivity contribution >= 4 is 11.9 Å². The van der Waals surface area contributed by atoms with E-state index in [4.69, 9.17) is 5.11 Å². The molecule has 1 heterocycles. The van der Waals surface area contributed by atoms with E-state index in [1.807, 2.05) is 19.1 Å². The lowest BCUT2D eigenvalue weighted by molar-refractivity contribution is -0.137. The molecule has 6 nitrogen and oxygen atoms in total. The lowest BCUT2D eigenvalue weighted by Gasteiger charge is -2.18. The number of carboxylic acid groups (broad SMARTS) is 1. The molecule has 0 saturated heterocycles. The second-order valence-electron chi connectivity index (χ2n) is 6.08. The van der Waals surface area contributed by atoms with Crippen molar-refractivity contribution in [2.24, 2.45) is 0 Å². The average molecular weight is 329 g/mol. The zero-order valence-electron chi connectivity index (χ0n) is 14.2. The van der Waals surface area contributed by atoms with Crippen molar-refractivity contribution in [3.05, 3.63) is 53.3 Å². The molecule has 0 saturated carbocycles. The molecule has 1 unspecified atom stereocenters. The van der Waals surface area contributed by atoms with Gasteiger partial charge in [-0.3, -0.25) is 14.3 Å². The van der Waals surface area contributed by atoms with E-state index < -0.39 is 5.97 Å². The molecule has 0 aliphatic rings. The molecule has 0 fully saturated rings. The zero-order valence-corrected chi connectivity index (χ0v) is 14.2. The molecule has 2 rings (SSSR count). The summed E-state index contributed by atoms with van der Waals surface area (Å²) < 4.78 is 1.23. The van der Waals surface area contributed by atoms with Crippen LogP contribution in [0.4, 0.5) is 0 Å². The van der Waals surface area contributed by atoms with E-state index in [0.29, 0.717) is 11.5 Å². The number of carboxylic acids is 1. The fourth-order valence-corrected chi connectivity index (χ4v) is 2.48. The first-order chi connectivity index (χ1) is 11.4. The van der Waals surface area contributed by atoms with Crippen LogP contribution in [-0.4, -0.2) is 26.8 Å². The van der Waals surface area contributed by atoms with Gasteiger partial charge in [0.25, 0.3) is 5.91 Å². The molecule has 1 aromatic carbocycles. The van der Waals surface area contributed by atoms with Gasteiger partial charge in [-0.1, -0.05) is 45.0 Å². The minimum atomic E-state index is -0.998. The number of nitrogens with zero attached hydrogens (tertiary/aromatic N) is 2. The molecule has 0 aliphatic heterocycles. The van der Waals surface area contributed by atoms with Crippen LogP contribution in [0.1, 0.15) is 60.6 Å². The number of benzene rings is 1. The first-order valence-electron chi connectivity index (χ1n) is 8.05. The van der Waals surface area contributed by atoms with E-state index in [9.17, 15) is 9.59 Å². The minimum absolute atomic E-state index is 0.0958. The lowest BCUT2D eigenvalue weighted by Crippen LogP contribution is -2.28. The van der Waals surface area contributed by atoms with E-state index in [2.05, 4.69) is 36.4 Å². The molecule has 2 aromatic rings. The molecule has 1 atom stereocenters. The van der Waals surface area contributed by atoms with Gasteiger partial charge >= 0.3 is 5.97 Å². The Balaban J connectivity index is 2.07. The number of aromatic nitrogens is 2. The Morgan fingerprint density at radius 1 is 1.21 bits per heavy atom. The monoisotopic (exact) mass is 329 g/mol. The molecule has 24 heavy (non-hydrogen) atoms. The smallest absolute Gasteiger partial charge is 0.325 e. The molecule has 2 N–H and O–H groups in total. The number of amides is 1. The summed E-state index contributed by atoms with van der Waals surface area (Å²) in [7, 11) is 0. The number of carbonyl (C=O) groups is 2. The van der Waals surface area contributed by atoms with Crippen molar-refractivity contribution in [2.75, 3.05) is 0 Å². The summed E-state index contributed by atoms with van der Waals surface area (Å²) in [6, 6.07) is 8.15. The number of hydrogen-bond acceptors (Lipinski definition) is 3. The summed E-state index contributed by atoms with van der Waals surface area (Å²) in [5.41, 5.74) is 2.66. The van der Waals surface area contributed by atoms with Crippen molar-refractivity contribution < 1.29 is 14.7 Å². The third-order valence-electron chi connectivity index (χ3n) is 3.91. The highest BCUT2D eigenvalue weighted by Gasteiger charge is 2.16. The second-order valence-corrected chi connectivity index (χ2v) is 6.08. The Hall–Kier alpha value is -2.63. The van der Waals surface area contributed by atoms with E-state index >= 15 is 0 Å². The maximum Gasteiger partial charge on any atom is 0.325 e. The number of nitrogens with one attached hydrogen (secondary N) is 1. The summed E-state index contributed by atoms with van der Waals surface area (Å²) in [5.74, 6) is -0.790. The van der Waals surface area contributed by atoms with Gasteiger partial charge in [-0.15, -0.1) is 0 Å². The van der Waals surface area contributed by atoms with Crippen LogP contribution in [0.2, 0.25) is 0 Å². The van der Waals surface area contributed by atoms with Crippen LogP contribution < -0.4 is 5.32 Å². The van der Waals surface area contributed by atoms with Gasteiger partial charge in [0.15, 0.2) is 0 Å². The topological polar surface area (TPSA) is 84.2 Å². The Bertz CT molecular complexity index is 705. The van der Waals surface area contributed by atoms with Crippen LogP contribution in [0.15, 0.2) is 36.7 Å². The largest absolute Gasteiger partial charge is 0.480 e. The summed E-state index contributed by atoms with van der Waals surface area (Å²) in [5, 5.41) is 15.6. The van der Waals surface area contributed by atoms with Crippen molar-refractivity contribution in [1.29, 1.82) is 0 Å². The third-order valence-corrected chi connectivity index (χ3v) is 3.91. The highest BCUT2D eigenvalue weighted by molar-refractivity contribution is 5.94. The van der Waals surface area contributed by atoms with Crippen LogP contribution in [0, 0.1) is 0 Å². The van der Waals surface area contributed by atoms with Gasteiger partial charge in [0.1, 0.15) is 6.54 Å². The molecule has 6 heteroatoms. The Morgan fingerprint density at radius 3 is 2.38 bits per heavy atom. The molecule has 0 bridgehead atoms. The van der Waals surface area contributed by atoms with Gasteiger partial charge in [-0.05, 0) is 23.5 Å². The van der Waals surface area contributed by atoms with Crippen LogP contribution in [0.3, 0.4) is 0 Å². The highest BCUT2D eigenvalue weighted by Crippen LogP contribution is 2.21. The van der Waals surface area contributed by atoms with Crippen LogP contribution in [-0.2, 0) is 11.3 Å². The number of rotatable bonds is 7. The zero-order chi connectivity index (χ0) is 17.7. The van der Waals surface area contributed by atoms with Gasteiger partial charge < -0.3 is 10.4 Å². The van der Waals surface area contributed by atoms with Gasteiger partial charge in [0.2, 0.25) is 0 Å². The molecule has 0 spiro atoms. The van der Waals surface area contributed by atoms with Crippen LogP contribution >= 0.6 is 0 Å². The Morgan fingerprint density at radius 2 is 1.83 bits per heavy atom. The summed E-state index contributed by atoms with van der Waals surface area (Å²) in [6.07, 6.45) is 3.58. The predicted octanol–water partition coefficient (Wildman–Crippen LogP) is 2.97. The van der Waals surface area contributed by atoms with Crippen molar-refractivity contribution in [2.45, 2.75) is 45.7 Å². The number of aliphatic carboxylic acids is 1. The van der Waals surface area contributed by atoms with Crippen LogP contribution in [0.25, 0.3) is 0 Å². The maximum atomic E-state index is 12.3. The van der Waals surface area contributed by atoms with Crippen molar-refractivity contribution in [3.8, 4) is 0 Å². The third kappa shape index (κ3) is 4.44. The number of hydrogen-bond donors (Lipinski definition) is 2. The Kier molecular flexibility index (Phi) is 5.73. The van der Waals surface area contributed by atoms with Gasteiger partial charge in [0, 0.05) is 6.20 Å². The van der Waals surface area contributed by atoms with E-state index in [-0.39, 0.29) is 18.5 Å². The maximum absolute atomic E-state index is 12.3. The normalized spacial score (nSPS) is 12.2. The van der Waals surface area contributed by atoms with Crippen molar-refractivity contribution in [3.63, 3.8) is 0 Å². The quantitative estimate of drug-likeness (QED) is 0.818. The van der Waals surface area contributed by atoms with E-state index in [1.54, 1.807) is 0 Å². The first kappa shape index (κ1) is 17.7. The van der Waals surface area contributed by atoms with Crippen molar-refractivity contribution in [1.82, 2.24) is 15.1 Å². The molecule has 1 amide bonds.